The lowest BCUT2D eigenvalue weighted by atomic mass is 9.88. The minimum Gasteiger partial charge on any atom is -0.378 e. The highest BCUT2D eigenvalue weighted by Crippen LogP contribution is 2.26. The molecule has 0 radical (unpaired) electrons. The molecule has 108 valence electrons. The van der Waals surface area contributed by atoms with Gasteiger partial charge in [0.25, 0.3) is 0 Å². The monoisotopic (exact) mass is 296 g/mol. The van der Waals surface area contributed by atoms with Gasteiger partial charge in [-0.25, -0.2) is 8.42 Å². The summed E-state index contributed by atoms with van der Waals surface area (Å²) in [6.07, 6.45) is 6.84. The molecule has 3 nitrogen and oxygen atoms in total. The van der Waals surface area contributed by atoms with Gasteiger partial charge in [-0.05, 0) is 31.1 Å². The van der Waals surface area contributed by atoms with Gasteiger partial charge in [0, 0.05) is 10.7 Å². The third kappa shape index (κ3) is 6.95. The summed E-state index contributed by atoms with van der Waals surface area (Å²) in [7, 11) is 1.91. The smallest absolute Gasteiger partial charge is 0.232 e. The van der Waals surface area contributed by atoms with Crippen LogP contribution in [0.2, 0.25) is 0 Å². The van der Waals surface area contributed by atoms with E-state index in [0.717, 1.165) is 31.6 Å². The highest BCUT2D eigenvalue weighted by molar-refractivity contribution is 8.13. The molecule has 0 bridgehead atoms. The summed E-state index contributed by atoms with van der Waals surface area (Å²) in [6, 6.07) is 0. The molecule has 0 saturated heterocycles. The maximum atomic E-state index is 11.1. The molecule has 0 amide bonds. The molecule has 0 N–H and O–H groups in total. The second-order valence-electron chi connectivity index (χ2n) is 5.59. The summed E-state index contributed by atoms with van der Waals surface area (Å²) in [4.78, 5) is 0. The van der Waals surface area contributed by atoms with E-state index >= 15 is 0 Å². The molecule has 0 aliphatic heterocycles. The molecule has 1 rings (SSSR count). The van der Waals surface area contributed by atoms with Gasteiger partial charge in [-0.15, -0.1) is 0 Å². The van der Waals surface area contributed by atoms with E-state index in [1.54, 1.807) is 0 Å². The van der Waals surface area contributed by atoms with Crippen molar-refractivity contribution in [3.8, 4) is 0 Å². The number of ether oxygens (including phenoxy) is 1. The van der Waals surface area contributed by atoms with Gasteiger partial charge in [-0.2, -0.15) is 0 Å². The quantitative estimate of drug-likeness (QED) is 0.675. The Bertz CT molecular complexity index is 329. The number of hydrogen-bond donors (Lipinski definition) is 0. The van der Waals surface area contributed by atoms with Crippen molar-refractivity contribution in [3.63, 3.8) is 0 Å². The number of rotatable bonds is 7. The Kier molecular flexibility index (Phi) is 6.96. The van der Waals surface area contributed by atoms with E-state index in [1.807, 2.05) is 0 Å². The second kappa shape index (κ2) is 7.71. The van der Waals surface area contributed by atoms with Gasteiger partial charge in [0.15, 0.2) is 0 Å². The van der Waals surface area contributed by atoms with Crippen molar-refractivity contribution in [2.75, 3.05) is 12.4 Å². The summed E-state index contributed by atoms with van der Waals surface area (Å²) < 4.78 is 28.1. The molecule has 0 spiro atoms. The molecule has 1 aliphatic carbocycles. The van der Waals surface area contributed by atoms with Gasteiger partial charge in [-0.3, -0.25) is 0 Å². The Morgan fingerprint density at radius 3 is 2.67 bits per heavy atom. The average molecular weight is 297 g/mol. The Balaban J connectivity index is 2.36. The molecule has 0 aromatic carbocycles. The highest BCUT2D eigenvalue weighted by Gasteiger charge is 2.22. The van der Waals surface area contributed by atoms with Crippen molar-refractivity contribution in [1.82, 2.24) is 0 Å². The van der Waals surface area contributed by atoms with E-state index in [0.29, 0.717) is 12.7 Å². The van der Waals surface area contributed by atoms with Crippen molar-refractivity contribution >= 4 is 19.7 Å². The van der Waals surface area contributed by atoms with Gasteiger partial charge in [0.2, 0.25) is 9.05 Å². The van der Waals surface area contributed by atoms with Crippen molar-refractivity contribution in [2.24, 2.45) is 11.8 Å². The molecule has 5 heteroatoms. The van der Waals surface area contributed by atoms with E-state index in [1.165, 1.54) is 12.8 Å². The largest absolute Gasteiger partial charge is 0.378 e. The first-order valence-corrected chi connectivity index (χ1v) is 9.42. The molecule has 3 atom stereocenters. The van der Waals surface area contributed by atoms with Gasteiger partial charge in [-0.1, -0.05) is 33.1 Å². The van der Waals surface area contributed by atoms with Crippen LogP contribution < -0.4 is 0 Å². The first-order valence-electron chi connectivity index (χ1n) is 6.94. The third-order valence-electron chi connectivity index (χ3n) is 3.59. The zero-order valence-corrected chi connectivity index (χ0v) is 13.0. The maximum Gasteiger partial charge on any atom is 0.232 e. The Morgan fingerprint density at radius 1 is 1.39 bits per heavy atom. The van der Waals surface area contributed by atoms with E-state index in [2.05, 4.69) is 13.8 Å². The SMILES string of the molecule is CCCC(COC1CCCC(C)C1)CS(=O)(=O)Cl. The van der Waals surface area contributed by atoms with E-state index in [9.17, 15) is 8.42 Å². The summed E-state index contributed by atoms with van der Waals surface area (Å²) in [5.41, 5.74) is 0. The topological polar surface area (TPSA) is 43.4 Å². The van der Waals surface area contributed by atoms with Crippen LogP contribution in [0, 0.1) is 11.8 Å². The normalized spacial score (nSPS) is 27.1. The summed E-state index contributed by atoms with van der Waals surface area (Å²) in [6.45, 7) is 4.83. The lowest BCUT2D eigenvalue weighted by Crippen LogP contribution is -2.26. The summed E-state index contributed by atoms with van der Waals surface area (Å²) >= 11 is 0. The minimum atomic E-state index is -3.42. The van der Waals surface area contributed by atoms with Crippen LogP contribution in [0.3, 0.4) is 0 Å². The van der Waals surface area contributed by atoms with Crippen LogP contribution in [0.15, 0.2) is 0 Å². The molecule has 0 aromatic heterocycles. The predicted molar refractivity (Wildman–Crippen MR) is 75.4 cm³/mol. The molecule has 3 unspecified atom stereocenters. The minimum absolute atomic E-state index is 0.0324. The van der Waals surface area contributed by atoms with Gasteiger partial charge in [0.05, 0.1) is 18.5 Å². The number of halogens is 1. The fourth-order valence-corrected chi connectivity index (χ4v) is 4.07. The third-order valence-corrected chi connectivity index (χ3v) is 4.84. The van der Waals surface area contributed by atoms with Crippen LogP contribution in [-0.2, 0) is 13.8 Å². The predicted octanol–water partition coefficient (Wildman–Crippen LogP) is 3.57. The lowest BCUT2D eigenvalue weighted by molar-refractivity contribution is -0.00112. The van der Waals surface area contributed by atoms with E-state index in [4.69, 9.17) is 15.4 Å². The van der Waals surface area contributed by atoms with Crippen molar-refractivity contribution in [1.29, 1.82) is 0 Å². The van der Waals surface area contributed by atoms with Gasteiger partial charge in [0.1, 0.15) is 0 Å². The highest BCUT2D eigenvalue weighted by atomic mass is 35.7. The zero-order valence-electron chi connectivity index (χ0n) is 11.4. The molecule has 0 aromatic rings. The molecular weight excluding hydrogens is 272 g/mol. The fraction of sp³-hybridized carbons (Fsp3) is 1.00. The maximum absolute atomic E-state index is 11.1. The van der Waals surface area contributed by atoms with Crippen LogP contribution in [0.1, 0.15) is 52.4 Å². The van der Waals surface area contributed by atoms with Crippen LogP contribution in [-0.4, -0.2) is 26.9 Å². The second-order valence-corrected chi connectivity index (χ2v) is 8.41. The Hall–Kier alpha value is 0.200. The van der Waals surface area contributed by atoms with Crippen LogP contribution >= 0.6 is 10.7 Å². The van der Waals surface area contributed by atoms with Crippen molar-refractivity contribution < 1.29 is 13.2 Å². The molecule has 1 fully saturated rings. The van der Waals surface area contributed by atoms with Crippen molar-refractivity contribution in [2.45, 2.75) is 58.5 Å². The summed E-state index contributed by atoms with van der Waals surface area (Å²) in [5.74, 6) is 0.796. The molecule has 1 aliphatic rings. The molecule has 1 saturated carbocycles. The molecule has 18 heavy (non-hydrogen) atoms. The fourth-order valence-electron chi connectivity index (χ4n) is 2.71. The van der Waals surface area contributed by atoms with Gasteiger partial charge >= 0.3 is 0 Å². The standard InChI is InChI=1S/C13H25ClO3S/c1-3-5-12(10-18(14,15)16)9-17-13-7-4-6-11(2)8-13/h11-13H,3-10H2,1-2H3. The van der Waals surface area contributed by atoms with E-state index in [-0.39, 0.29) is 11.7 Å². The lowest BCUT2D eigenvalue weighted by Gasteiger charge is -2.28. The van der Waals surface area contributed by atoms with Crippen LogP contribution in [0.5, 0.6) is 0 Å². The zero-order chi connectivity index (χ0) is 13.6. The molecule has 0 heterocycles. The number of hydrogen-bond acceptors (Lipinski definition) is 3. The summed E-state index contributed by atoms with van der Waals surface area (Å²) in [5, 5.41) is 0. The first kappa shape index (κ1) is 16.3. The van der Waals surface area contributed by atoms with Crippen LogP contribution in [0.4, 0.5) is 0 Å². The molecular formula is C13H25ClO3S. The van der Waals surface area contributed by atoms with E-state index < -0.39 is 9.05 Å². The average Bonchev–Trinajstić information content (AvgIpc) is 2.24. The first-order chi connectivity index (χ1) is 8.40. The van der Waals surface area contributed by atoms with Gasteiger partial charge < -0.3 is 4.74 Å². The van der Waals surface area contributed by atoms with Crippen LogP contribution in [0.25, 0.3) is 0 Å². The van der Waals surface area contributed by atoms with Crippen molar-refractivity contribution in [3.05, 3.63) is 0 Å². The Labute approximate surface area is 116 Å². The Morgan fingerprint density at radius 2 is 2.11 bits per heavy atom.